The van der Waals surface area contributed by atoms with Gasteiger partial charge in [0, 0.05) is 27.8 Å². The number of Topliss-reactive ketones (excluding diaryl/α,β-unsaturated/α-hetero) is 1. The van der Waals surface area contributed by atoms with Gasteiger partial charge in [-0.1, -0.05) is 49.0 Å². The number of rotatable bonds is 4. The number of carbonyl (C=O) groups excluding carboxylic acids is 1. The molecule has 0 aliphatic rings. The highest BCUT2D eigenvalue weighted by Gasteiger charge is 2.05. The number of carbonyl (C=O) groups is 1. The number of ketones is 1. The highest BCUT2D eigenvalue weighted by Crippen LogP contribution is 2.29. The van der Waals surface area contributed by atoms with Crippen LogP contribution in [0.5, 0.6) is 0 Å². The molecular formula is C17H15NOS. The number of aromatic nitrogens is 1. The van der Waals surface area contributed by atoms with Crippen molar-refractivity contribution >= 4 is 28.4 Å². The first-order chi connectivity index (χ1) is 9.76. The van der Waals surface area contributed by atoms with Crippen LogP contribution < -0.4 is 0 Å². The lowest BCUT2D eigenvalue weighted by Crippen LogP contribution is -1.95. The average Bonchev–Trinajstić information content (AvgIpc) is 2.89. The maximum Gasteiger partial charge on any atom is 0.162 e. The Morgan fingerprint density at radius 1 is 1.10 bits per heavy atom. The zero-order chi connectivity index (χ0) is 13.9. The highest BCUT2D eigenvalue weighted by atomic mass is 32.2. The first-order valence-electron chi connectivity index (χ1n) is 6.65. The van der Waals surface area contributed by atoms with E-state index in [-0.39, 0.29) is 5.78 Å². The number of aromatic amines is 1. The van der Waals surface area contributed by atoms with Crippen LogP contribution in [0.1, 0.15) is 23.7 Å². The van der Waals surface area contributed by atoms with E-state index in [1.807, 2.05) is 43.3 Å². The standard InChI is InChI=1S/C17H15NOS/c1-2-16(19)12-7-9-14(10-8-12)20-17-11-13-5-3-4-6-15(13)18-17/h3-11,18H,2H2,1H3. The molecule has 0 saturated carbocycles. The molecule has 0 amide bonds. The van der Waals surface area contributed by atoms with Gasteiger partial charge in [-0.05, 0) is 24.3 Å². The lowest BCUT2D eigenvalue weighted by molar-refractivity contribution is 0.0988. The predicted octanol–water partition coefficient (Wildman–Crippen LogP) is 4.91. The molecule has 1 N–H and O–H groups in total. The topological polar surface area (TPSA) is 32.9 Å². The van der Waals surface area contributed by atoms with Crippen molar-refractivity contribution in [1.29, 1.82) is 0 Å². The molecule has 20 heavy (non-hydrogen) atoms. The Balaban J connectivity index is 1.82. The zero-order valence-corrected chi connectivity index (χ0v) is 12.0. The Labute approximate surface area is 122 Å². The second kappa shape index (κ2) is 5.55. The van der Waals surface area contributed by atoms with Gasteiger partial charge in [-0.25, -0.2) is 0 Å². The van der Waals surface area contributed by atoms with Crippen molar-refractivity contribution in [1.82, 2.24) is 4.98 Å². The molecular weight excluding hydrogens is 266 g/mol. The fourth-order valence-electron chi connectivity index (χ4n) is 2.14. The molecule has 0 spiro atoms. The van der Waals surface area contributed by atoms with Crippen LogP contribution >= 0.6 is 11.8 Å². The Morgan fingerprint density at radius 3 is 2.55 bits per heavy atom. The minimum Gasteiger partial charge on any atom is -0.349 e. The summed E-state index contributed by atoms with van der Waals surface area (Å²) in [5, 5.41) is 2.33. The minimum absolute atomic E-state index is 0.187. The quantitative estimate of drug-likeness (QED) is 0.689. The molecule has 0 aliphatic carbocycles. The van der Waals surface area contributed by atoms with Crippen molar-refractivity contribution in [2.45, 2.75) is 23.3 Å². The molecule has 0 unspecified atom stereocenters. The fourth-order valence-corrected chi connectivity index (χ4v) is 3.01. The van der Waals surface area contributed by atoms with Gasteiger partial charge in [0.25, 0.3) is 0 Å². The third kappa shape index (κ3) is 2.63. The van der Waals surface area contributed by atoms with Crippen molar-refractivity contribution in [3.63, 3.8) is 0 Å². The number of para-hydroxylation sites is 1. The van der Waals surface area contributed by atoms with E-state index in [4.69, 9.17) is 0 Å². The van der Waals surface area contributed by atoms with Gasteiger partial charge in [0.2, 0.25) is 0 Å². The summed E-state index contributed by atoms with van der Waals surface area (Å²) in [7, 11) is 0. The lowest BCUT2D eigenvalue weighted by atomic mass is 10.1. The molecule has 3 rings (SSSR count). The van der Waals surface area contributed by atoms with E-state index in [0.717, 1.165) is 21.0 Å². The molecule has 3 aromatic rings. The summed E-state index contributed by atoms with van der Waals surface area (Å²) >= 11 is 1.67. The van der Waals surface area contributed by atoms with Crippen molar-refractivity contribution < 1.29 is 4.79 Å². The Morgan fingerprint density at radius 2 is 1.85 bits per heavy atom. The van der Waals surface area contributed by atoms with E-state index in [1.165, 1.54) is 5.39 Å². The molecule has 0 aliphatic heterocycles. The van der Waals surface area contributed by atoms with Crippen molar-refractivity contribution in [2.24, 2.45) is 0 Å². The second-order valence-corrected chi connectivity index (χ2v) is 5.74. The SMILES string of the molecule is CCC(=O)c1ccc(Sc2cc3ccccc3[nH]2)cc1. The van der Waals surface area contributed by atoms with Crippen LogP contribution in [0.2, 0.25) is 0 Å². The van der Waals surface area contributed by atoms with E-state index in [9.17, 15) is 4.79 Å². The van der Waals surface area contributed by atoms with E-state index >= 15 is 0 Å². The summed E-state index contributed by atoms with van der Waals surface area (Å²) in [6, 6.07) is 18.2. The van der Waals surface area contributed by atoms with Crippen LogP contribution in [-0.4, -0.2) is 10.8 Å². The van der Waals surface area contributed by atoms with Gasteiger partial charge in [0.15, 0.2) is 5.78 Å². The van der Waals surface area contributed by atoms with Gasteiger partial charge in [-0.3, -0.25) is 4.79 Å². The molecule has 3 heteroatoms. The van der Waals surface area contributed by atoms with Crippen molar-refractivity contribution in [2.75, 3.05) is 0 Å². The maximum absolute atomic E-state index is 11.6. The first-order valence-corrected chi connectivity index (χ1v) is 7.47. The van der Waals surface area contributed by atoms with Crippen molar-refractivity contribution in [3.8, 4) is 0 Å². The van der Waals surface area contributed by atoms with Crippen molar-refractivity contribution in [3.05, 3.63) is 60.2 Å². The van der Waals surface area contributed by atoms with Gasteiger partial charge in [-0.15, -0.1) is 0 Å². The largest absolute Gasteiger partial charge is 0.349 e. The van der Waals surface area contributed by atoms with Gasteiger partial charge in [0.05, 0.1) is 5.03 Å². The number of H-pyrrole nitrogens is 1. The number of hydrogen-bond acceptors (Lipinski definition) is 2. The number of nitrogens with one attached hydrogen (secondary N) is 1. The summed E-state index contributed by atoms with van der Waals surface area (Å²) in [6.45, 7) is 1.88. The average molecular weight is 281 g/mol. The van der Waals surface area contributed by atoms with Gasteiger partial charge in [-0.2, -0.15) is 0 Å². The molecule has 1 aromatic heterocycles. The molecule has 0 fully saturated rings. The molecule has 0 atom stereocenters. The molecule has 2 aromatic carbocycles. The first kappa shape index (κ1) is 13.0. The predicted molar refractivity (Wildman–Crippen MR) is 83.5 cm³/mol. The number of fused-ring (bicyclic) bond motifs is 1. The van der Waals surface area contributed by atoms with Gasteiger partial charge < -0.3 is 4.98 Å². The maximum atomic E-state index is 11.6. The normalized spacial score (nSPS) is 10.8. The summed E-state index contributed by atoms with van der Waals surface area (Å²) in [5.74, 6) is 0.187. The smallest absolute Gasteiger partial charge is 0.162 e. The molecule has 0 radical (unpaired) electrons. The molecule has 1 heterocycles. The summed E-state index contributed by atoms with van der Waals surface area (Å²) < 4.78 is 0. The fraction of sp³-hybridized carbons (Fsp3) is 0.118. The summed E-state index contributed by atoms with van der Waals surface area (Å²) in [6.07, 6.45) is 0.550. The molecule has 100 valence electrons. The van der Waals surface area contributed by atoms with E-state index in [2.05, 4.69) is 23.2 Å². The Kier molecular flexibility index (Phi) is 3.61. The third-order valence-corrected chi connectivity index (χ3v) is 4.18. The summed E-state index contributed by atoms with van der Waals surface area (Å²) in [4.78, 5) is 16.1. The second-order valence-electron chi connectivity index (χ2n) is 4.62. The molecule has 2 nitrogen and oxygen atoms in total. The molecule has 0 saturated heterocycles. The van der Waals surface area contributed by atoms with Crippen LogP contribution in [0, 0.1) is 0 Å². The zero-order valence-electron chi connectivity index (χ0n) is 11.2. The van der Waals surface area contributed by atoms with Crippen LogP contribution in [0.25, 0.3) is 10.9 Å². The van der Waals surface area contributed by atoms with Gasteiger partial charge >= 0.3 is 0 Å². The monoisotopic (exact) mass is 281 g/mol. The van der Waals surface area contributed by atoms with Crippen LogP contribution in [0.3, 0.4) is 0 Å². The Hall–Kier alpha value is -2.00. The number of benzene rings is 2. The molecule has 0 bridgehead atoms. The minimum atomic E-state index is 0.187. The third-order valence-electron chi connectivity index (χ3n) is 3.23. The van der Waals surface area contributed by atoms with Crippen LogP contribution in [0.4, 0.5) is 0 Å². The Bertz CT molecular complexity index is 710. The lowest BCUT2D eigenvalue weighted by Gasteiger charge is -2.01. The number of hydrogen-bond donors (Lipinski definition) is 1. The highest BCUT2D eigenvalue weighted by molar-refractivity contribution is 7.99. The van der Waals surface area contributed by atoms with E-state index < -0.39 is 0 Å². The van der Waals surface area contributed by atoms with Crippen LogP contribution in [-0.2, 0) is 0 Å². The summed E-state index contributed by atoms with van der Waals surface area (Å²) in [5.41, 5.74) is 1.93. The van der Waals surface area contributed by atoms with E-state index in [1.54, 1.807) is 11.8 Å². The van der Waals surface area contributed by atoms with Gasteiger partial charge in [0.1, 0.15) is 0 Å². The van der Waals surface area contributed by atoms with E-state index in [0.29, 0.717) is 6.42 Å². The van der Waals surface area contributed by atoms with Crippen LogP contribution in [0.15, 0.2) is 64.5 Å².